The first kappa shape index (κ1) is 19.9. The fourth-order valence-corrected chi connectivity index (χ4v) is 5.57. The van der Waals surface area contributed by atoms with Gasteiger partial charge in [0.2, 0.25) is 0 Å². The van der Waals surface area contributed by atoms with Gasteiger partial charge in [-0.05, 0) is 61.7 Å². The lowest BCUT2D eigenvalue weighted by molar-refractivity contribution is 0.835. The molecule has 162 valence electrons. The third-order valence-electron chi connectivity index (χ3n) is 6.40. The van der Waals surface area contributed by atoms with E-state index in [9.17, 15) is 4.79 Å². The summed E-state index contributed by atoms with van der Waals surface area (Å²) in [5.41, 5.74) is 8.85. The van der Waals surface area contributed by atoms with Crippen LogP contribution in [0.15, 0.2) is 71.7 Å². The second-order valence-electron chi connectivity index (χ2n) is 8.79. The number of hydrogen-bond acceptors (Lipinski definition) is 3. The first-order valence-electron chi connectivity index (χ1n) is 11.1. The van der Waals surface area contributed by atoms with Crippen molar-refractivity contribution in [1.29, 1.82) is 0 Å². The number of hydrogen-bond donors (Lipinski definition) is 0. The van der Waals surface area contributed by atoms with Gasteiger partial charge in [-0.2, -0.15) is 0 Å². The normalized spacial score (nSPS) is 12.5. The van der Waals surface area contributed by atoms with Crippen LogP contribution in [-0.2, 0) is 6.54 Å². The molecule has 0 amide bonds. The molecule has 0 bridgehead atoms. The summed E-state index contributed by atoms with van der Waals surface area (Å²) in [5, 5.41) is 1.15. The fraction of sp³-hybridized carbons (Fsp3) is 0.143. The Morgan fingerprint density at radius 3 is 2.61 bits per heavy atom. The minimum atomic E-state index is -0.00346. The number of nitrogens with zero attached hydrogens (tertiary/aromatic N) is 3. The summed E-state index contributed by atoms with van der Waals surface area (Å²) in [6.45, 7) is 7.05. The molecule has 0 unspecified atom stereocenters. The van der Waals surface area contributed by atoms with E-state index >= 15 is 0 Å². The van der Waals surface area contributed by atoms with Crippen molar-refractivity contribution in [2.45, 2.75) is 27.3 Å². The van der Waals surface area contributed by atoms with E-state index in [0.29, 0.717) is 4.53 Å². The Hall–Kier alpha value is -3.70. The van der Waals surface area contributed by atoms with Gasteiger partial charge in [-0.3, -0.25) is 4.79 Å². The predicted octanol–water partition coefficient (Wildman–Crippen LogP) is 5.39. The Labute approximate surface area is 195 Å². The first-order chi connectivity index (χ1) is 16.0. The van der Waals surface area contributed by atoms with Gasteiger partial charge < -0.3 is 4.57 Å². The highest BCUT2D eigenvalue weighted by atomic mass is 32.1. The van der Waals surface area contributed by atoms with E-state index < -0.39 is 0 Å². The minimum absolute atomic E-state index is 0.00346. The van der Waals surface area contributed by atoms with Crippen LogP contribution in [0.4, 0.5) is 0 Å². The molecule has 4 nitrogen and oxygen atoms in total. The van der Waals surface area contributed by atoms with E-state index in [4.69, 9.17) is 4.98 Å². The van der Waals surface area contributed by atoms with Gasteiger partial charge in [0.05, 0.1) is 15.6 Å². The van der Waals surface area contributed by atoms with Crippen molar-refractivity contribution >= 4 is 44.3 Å². The summed E-state index contributed by atoms with van der Waals surface area (Å²) in [7, 11) is 0. The highest BCUT2D eigenvalue weighted by molar-refractivity contribution is 7.15. The lowest BCUT2D eigenvalue weighted by Crippen LogP contribution is -2.22. The molecule has 0 aliphatic heterocycles. The third kappa shape index (κ3) is 3.28. The van der Waals surface area contributed by atoms with E-state index in [1.54, 1.807) is 4.40 Å². The van der Waals surface area contributed by atoms with E-state index in [0.717, 1.165) is 39.0 Å². The number of thiazole rings is 1. The van der Waals surface area contributed by atoms with Gasteiger partial charge in [0.1, 0.15) is 0 Å². The Kier molecular flexibility index (Phi) is 4.49. The summed E-state index contributed by atoms with van der Waals surface area (Å²) >= 11 is 1.45. The van der Waals surface area contributed by atoms with E-state index in [1.165, 1.54) is 33.6 Å². The molecule has 5 heteroatoms. The van der Waals surface area contributed by atoms with Crippen LogP contribution in [0.5, 0.6) is 0 Å². The van der Waals surface area contributed by atoms with Crippen molar-refractivity contribution in [2.75, 3.05) is 0 Å². The van der Waals surface area contributed by atoms with Gasteiger partial charge in [-0.1, -0.05) is 59.4 Å². The second kappa shape index (κ2) is 7.42. The number of imidazole rings is 1. The molecule has 3 aromatic carbocycles. The minimum Gasteiger partial charge on any atom is -0.342 e. The molecule has 0 aliphatic rings. The molecule has 3 heterocycles. The maximum Gasteiger partial charge on any atom is 0.274 e. The number of para-hydroxylation sites is 1. The Morgan fingerprint density at radius 2 is 1.76 bits per heavy atom. The Bertz CT molecular complexity index is 1800. The summed E-state index contributed by atoms with van der Waals surface area (Å²) in [5.74, 6) is 0. The molecule has 33 heavy (non-hydrogen) atoms. The van der Waals surface area contributed by atoms with Gasteiger partial charge in [-0.15, -0.1) is 0 Å². The van der Waals surface area contributed by atoms with Crippen molar-refractivity contribution < 1.29 is 0 Å². The van der Waals surface area contributed by atoms with E-state index in [2.05, 4.69) is 92.2 Å². The maximum absolute atomic E-state index is 13.4. The average molecular weight is 450 g/mol. The highest BCUT2D eigenvalue weighted by Gasteiger charge is 2.13. The standard InChI is InChI=1S/C28H23N3OS/c1-17-7-6-8-20(11-17)15-30-16-21(22-9-4-5-10-24(22)30)14-26-27(32)31-25-13-19(3)18(2)12-23(25)29-28(31)33-26/h4-14,16H,15H2,1-3H3/b26-14-. The van der Waals surface area contributed by atoms with Crippen molar-refractivity contribution in [3.8, 4) is 0 Å². The maximum atomic E-state index is 13.4. The first-order valence-corrected chi connectivity index (χ1v) is 11.9. The van der Waals surface area contributed by atoms with Gasteiger partial charge in [0.25, 0.3) is 5.56 Å². The lowest BCUT2D eigenvalue weighted by atomic mass is 10.1. The zero-order valence-corrected chi connectivity index (χ0v) is 19.6. The number of fused-ring (bicyclic) bond motifs is 4. The van der Waals surface area contributed by atoms with Gasteiger partial charge in [0, 0.05) is 29.2 Å². The van der Waals surface area contributed by atoms with Crippen molar-refractivity contribution in [3.05, 3.63) is 110 Å². The van der Waals surface area contributed by atoms with E-state index in [1.807, 2.05) is 6.08 Å². The van der Waals surface area contributed by atoms with Gasteiger partial charge in [-0.25, -0.2) is 9.38 Å². The van der Waals surface area contributed by atoms with Crippen LogP contribution in [0.25, 0.3) is 33.0 Å². The third-order valence-corrected chi connectivity index (χ3v) is 7.36. The number of rotatable bonds is 3. The number of aryl methyl sites for hydroxylation is 3. The second-order valence-corrected chi connectivity index (χ2v) is 9.80. The largest absolute Gasteiger partial charge is 0.342 e. The fourth-order valence-electron chi connectivity index (χ4n) is 4.59. The van der Waals surface area contributed by atoms with Crippen LogP contribution in [0.1, 0.15) is 27.8 Å². The number of benzene rings is 3. The average Bonchev–Trinajstić information content (AvgIpc) is 3.41. The molecule has 0 spiro atoms. The molecular weight excluding hydrogens is 426 g/mol. The number of aromatic nitrogens is 3. The summed E-state index contributed by atoms with van der Waals surface area (Å²) in [4.78, 5) is 18.8. The monoisotopic (exact) mass is 449 g/mol. The van der Waals surface area contributed by atoms with Crippen LogP contribution in [0, 0.1) is 20.8 Å². The molecule has 6 rings (SSSR count). The molecule has 0 N–H and O–H groups in total. The Morgan fingerprint density at radius 1 is 0.939 bits per heavy atom. The van der Waals surface area contributed by atoms with Crippen LogP contribution in [0.3, 0.4) is 0 Å². The zero-order valence-electron chi connectivity index (χ0n) is 18.8. The molecule has 3 aromatic heterocycles. The van der Waals surface area contributed by atoms with Crippen LogP contribution < -0.4 is 10.1 Å². The summed E-state index contributed by atoms with van der Waals surface area (Å²) in [6.07, 6.45) is 4.17. The smallest absolute Gasteiger partial charge is 0.274 e. The molecule has 0 radical (unpaired) electrons. The van der Waals surface area contributed by atoms with Crippen LogP contribution >= 0.6 is 11.3 Å². The molecule has 6 aromatic rings. The van der Waals surface area contributed by atoms with Crippen molar-refractivity contribution in [1.82, 2.24) is 14.0 Å². The quantitative estimate of drug-likeness (QED) is 0.364. The molecule has 0 atom stereocenters. The summed E-state index contributed by atoms with van der Waals surface area (Å²) in [6, 6.07) is 21.1. The molecule has 0 saturated carbocycles. The zero-order chi connectivity index (χ0) is 22.7. The van der Waals surface area contributed by atoms with E-state index in [-0.39, 0.29) is 5.56 Å². The topological polar surface area (TPSA) is 39.3 Å². The molecule has 0 fully saturated rings. The van der Waals surface area contributed by atoms with Gasteiger partial charge in [0.15, 0.2) is 4.96 Å². The predicted molar refractivity (Wildman–Crippen MR) is 137 cm³/mol. The van der Waals surface area contributed by atoms with Gasteiger partial charge >= 0.3 is 0 Å². The SMILES string of the molecule is Cc1cccc(Cn2cc(/C=c3\sc4nc5cc(C)c(C)cc5n4c3=O)c3ccccc32)c1. The molecule has 0 aliphatic carbocycles. The molecular formula is C28H23N3OS. The Balaban J connectivity index is 1.53. The highest BCUT2D eigenvalue weighted by Crippen LogP contribution is 2.24. The van der Waals surface area contributed by atoms with Crippen molar-refractivity contribution in [2.24, 2.45) is 0 Å². The van der Waals surface area contributed by atoms with Crippen molar-refractivity contribution in [3.63, 3.8) is 0 Å². The van der Waals surface area contributed by atoms with Crippen LogP contribution in [0.2, 0.25) is 0 Å². The molecule has 0 saturated heterocycles. The van der Waals surface area contributed by atoms with Crippen LogP contribution in [-0.4, -0.2) is 14.0 Å². The lowest BCUT2D eigenvalue weighted by Gasteiger charge is -2.06. The summed E-state index contributed by atoms with van der Waals surface area (Å²) < 4.78 is 4.72.